The summed E-state index contributed by atoms with van der Waals surface area (Å²) in [7, 11) is 0. The molecule has 3 rings (SSSR count). The number of thiophene rings is 1. The Morgan fingerprint density at radius 3 is 2.76 bits per heavy atom. The first-order valence-corrected chi connectivity index (χ1v) is 8.27. The summed E-state index contributed by atoms with van der Waals surface area (Å²) in [6.07, 6.45) is 2.39. The average molecular weight is 320 g/mol. The van der Waals surface area contributed by atoms with Crippen molar-refractivity contribution >= 4 is 28.5 Å². The van der Waals surface area contributed by atoms with Crippen molar-refractivity contribution in [3.63, 3.8) is 0 Å². The third kappa shape index (κ3) is 3.67. The van der Waals surface area contributed by atoms with Crippen molar-refractivity contribution in [3.8, 4) is 0 Å². The number of nitrogens with two attached hydrogens (primary N) is 1. The van der Waals surface area contributed by atoms with Gasteiger partial charge in [0.2, 0.25) is 0 Å². The summed E-state index contributed by atoms with van der Waals surface area (Å²) in [5.41, 5.74) is 7.04. The van der Waals surface area contributed by atoms with E-state index in [0.29, 0.717) is 23.1 Å². The third-order valence-electron chi connectivity index (χ3n) is 3.71. The highest BCUT2D eigenvalue weighted by Crippen LogP contribution is 2.31. The summed E-state index contributed by atoms with van der Waals surface area (Å²) in [6, 6.07) is 9.63. The molecule has 2 nitrogen and oxygen atoms in total. The Labute approximate surface area is 133 Å². The second-order valence-electron chi connectivity index (χ2n) is 5.39. The van der Waals surface area contributed by atoms with Crippen molar-refractivity contribution in [2.45, 2.75) is 32.0 Å². The molecule has 1 saturated carbocycles. The molecule has 0 aliphatic heterocycles. The second-order valence-corrected chi connectivity index (χ2v) is 6.86. The molecule has 1 aliphatic rings. The zero-order valence-corrected chi connectivity index (χ0v) is 13.2. The van der Waals surface area contributed by atoms with Gasteiger partial charge in [0, 0.05) is 35.1 Å². The summed E-state index contributed by atoms with van der Waals surface area (Å²) in [4.78, 5) is 3.97. The highest BCUT2D eigenvalue weighted by molar-refractivity contribution is 7.80. The Morgan fingerprint density at radius 2 is 2.14 bits per heavy atom. The number of benzene rings is 1. The molecule has 2 N–H and O–H groups in total. The Kier molecular flexibility index (Phi) is 4.33. The maximum Gasteiger partial charge on any atom is 0.127 e. The lowest BCUT2D eigenvalue weighted by atomic mass is 10.1. The van der Waals surface area contributed by atoms with Gasteiger partial charge in [-0.2, -0.15) is 0 Å². The van der Waals surface area contributed by atoms with Crippen LogP contribution in [0.4, 0.5) is 4.39 Å². The minimum Gasteiger partial charge on any atom is -0.389 e. The largest absolute Gasteiger partial charge is 0.389 e. The molecule has 2 aromatic rings. The molecule has 5 heteroatoms. The van der Waals surface area contributed by atoms with Crippen molar-refractivity contribution < 1.29 is 4.39 Å². The first kappa shape index (κ1) is 14.6. The van der Waals surface area contributed by atoms with Crippen molar-refractivity contribution in [3.05, 3.63) is 57.5 Å². The Morgan fingerprint density at radius 1 is 1.33 bits per heavy atom. The zero-order chi connectivity index (χ0) is 14.8. The average Bonchev–Trinajstić information content (AvgIpc) is 3.18. The van der Waals surface area contributed by atoms with E-state index >= 15 is 0 Å². The van der Waals surface area contributed by atoms with E-state index in [1.807, 2.05) is 0 Å². The maximum absolute atomic E-state index is 14.0. The van der Waals surface area contributed by atoms with Crippen LogP contribution >= 0.6 is 23.6 Å². The quantitative estimate of drug-likeness (QED) is 0.823. The van der Waals surface area contributed by atoms with E-state index in [4.69, 9.17) is 18.0 Å². The lowest BCUT2D eigenvalue weighted by Crippen LogP contribution is -2.25. The topological polar surface area (TPSA) is 29.3 Å². The zero-order valence-electron chi connectivity index (χ0n) is 11.6. The van der Waals surface area contributed by atoms with Crippen LogP contribution in [0.5, 0.6) is 0 Å². The Hall–Kier alpha value is -1.30. The number of hydrogen-bond acceptors (Lipinski definition) is 3. The molecule has 1 aliphatic carbocycles. The van der Waals surface area contributed by atoms with Crippen molar-refractivity contribution in [2.75, 3.05) is 0 Å². The second kappa shape index (κ2) is 6.22. The molecular weight excluding hydrogens is 303 g/mol. The van der Waals surface area contributed by atoms with Crippen LogP contribution in [0.2, 0.25) is 0 Å². The van der Waals surface area contributed by atoms with Gasteiger partial charge < -0.3 is 5.73 Å². The smallest absolute Gasteiger partial charge is 0.127 e. The number of halogens is 1. The van der Waals surface area contributed by atoms with Gasteiger partial charge in [0.15, 0.2) is 0 Å². The minimum atomic E-state index is -0.188. The highest BCUT2D eigenvalue weighted by Gasteiger charge is 2.29. The molecule has 110 valence electrons. The molecule has 21 heavy (non-hydrogen) atoms. The van der Waals surface area contributed by atoms with E-state index < -0.39 is 0 Å². The molecule has 0 radical (unpaired) electrons. The molecular formula is C16H17FN2S2. The lowest BCUT2D eigenvalue weighted by molar-refractivity contribution is 0.244. The van der Waals surface area contributed by atoms with Gasteiger partial charge in [-0.05, 0) is 42.5 Å². The van der Waals surface area contributed by atoms with Gasteiger partial charge in [-0.25, -0.2) is 4.39 Å². The van der Waals surface area contributed by atoms with Crippen LogP contribution in [0, 0.1) is 5.82 Å². The Balaban J connectivity index is 1.79. The third-order valence-corrected chi connectivity index (χ3v) is 4.80. The number of hydrogen-bond donors (Lipinski definition) is 1. The predicted octanol–water partition coefficient (Wildman–Crippen LogP) is 3.69. The van der Waals surface area contributed by atoms with E-state index in [0.717, 1.165) is 12.1 Å². The van der Waals surface area contributed by atoms with Crippen molar-refractivity contribution in [1.82, 2.24) is 4.90 Å². The Bertz CT molecular complexity index is 636. The summed E-state index contributed by atoms with van der Waals surface area (Å²) in [6.45, 7) is 1.48. The van der Waals surface area contributed by atoms with Crippen LogP contribution in [0.25, 0.3) is 0 Å². The van der Waals surface area contributed by atoms with Gasteiger partial charge in [0.05, 0.1) is 0 Å². The van der Waals surface area contributed by atoms with Gasteiger partial charge >= 0.3 is 0 Å². The van der Waals surface area contributed by atoms with E-state index in [2.05, 4.69) is 22.4 Å². The fourth-order valence-corrected chi connectivity index (χ4v) is 3.28. The number of thiocarbonyl (C=S) groups is 1. The SMILES string of the molecule is NC(=S)c1ccc(F)c(CN(Cc2cccs2)C2CC2)c1. The fraction of sp³-hybridized carbons (Fsp3) is 0.312. The molecule has 1 heterocycles. The minimum absolute atomic E-state index is 0.188. The number of rotatable bonds is 6. The molecule has 1 aromatic carbocycles. The fourth-order valence-electron chi connectivity index (χ4n) is 2.42. The van der Waals surface area contributed by atoms with Crippen LogP contribution < -0.4 is 5.73 Å². The molecule has 1 fully saturated rings. The van der Waals surface area contributed by atoms with E-state index in [1.54, 1.807) is 23.5 Å². The monoisotopic (exact) mass is 320 g/mol. The molecule has 0 amide bonds. The predicted molar refractivity (Wildman–Crippen MR) is 88.9 cm³/mol. The standard InChI is InChI=1S/C16H17FN2S2/c17-15-6-3-11(16(18)20)8-12(15)9-19(13-4-5-13)10-14-2-1-7-21-14/h1-3,6-8,13H,4-5,9-10H2,(H2,18,20). The summed E-state index contributed by atoms with van der Waals surface area (Å²) >= 11 is 6.72. The normalized spacial score (nSPS) is 14.6. The number of nitrogens with zero attached hydrogens (tertiary/aromatic N) is 1. The molecule has 0 spiro atoms. The van der Waals surface area contributed by atoms with Crippen LogP contribution in [0.1, 0.15) is 28.8 Å². The van der Waals surface area contributed by atoms with Gasteiger partial charge in [-0.3, -0.25) is 4.90 Å². The van der Waals surface area contributed by atoms with Gasteiger partial charge in [-0.15, -0.1) is 11.3 Å². The van der Waals surface area contributed by atoms with Crippen LogP contribution in [0.3, 0.4) is 0 Å². The first-order chi connectivity index (χ1) is 10.1. The molecule has 0 unspecified atom stereocenters. The first-order valence-electron chi connectivity index (χ1n) is 6.98. The summed E-state index contributed by atoms with van der Waals surface area (Å²) < 4.78 is 14.0. The van der Waals surface area contributed by atoms with Crippen molar-refractivity contribution in [1.29, 1.82) is 0 Å². The summed E-state index contributed by atoms with van der Waals surface area (Å²) in [5.74, 6) is -0.188. The maximum atomic E-state index is 14.0. The lowest BCUT2D eigenvalue weighted by Gasteiger charge is -2.22. The molecule has 0 bridgehead atoms. The van der Waals surface area contributed by atoms with Crippen LogP contribution in [-0.4, -0.2) is 15.9 Å². The van der Waals surface area contributed by atoms with E-state index in [-0.39, 0.29) is 5.82 Å². The molecule has 0 atom stereocenters. The van der Waals surface area contributed by atoms with E-state index in [9.17, 15) is 4.39 Å². The van der Waals surface area contributed by atoms with E-state index in [1.165, 1.54) is 23.8 Å². The summed E-state index contributed by atoms with van der Waals surface area (Å²) in [5, 5.41) is 2.08. The van der Waals surface area contributed by atoms with Crippen LogP contribution in [0.15, 0.2) is 35.7 Å². The highest BCUT2D eigenvalue weighted by atomic mass is 32.1. The van der Waals surface area contributed by atoms with Crippen LogP contribution in [-0.2, 0) is 13.1 Å². The van der Waals surface area contributed by atoms with Crippen molar-refractivity contribution in [2.24, 2.45) is 5.73 Å². The van der Waals surface area contributed by atoms with Gasteiger partial charge in [-0.1, -0.05) is 18.3 Å². The molecule has 0 saturated heterocycles. The molecule has 1 aromatic heterocycles. The van der Waals surface area contributed by atoms with Gasteiger partial charge in [0.1, 0.15) is 10.8 Å². The van der Waals surface area contributed by atoms with Gasteiger partial charge in [0.25, 0.3) is 0 Å².